The van der Waals surface area contributed by atoms with Gasteiger partial charge in [0.05, 0.1) is 11.5 Å². The second kappa shape index (κ2) is 4.90. The zero-order valence-electron chi connectivity index (χ0n) is 10.9. The normalized spacial score (nSPS) is 22.5. The number of benzene rings is 1. The van der Waals surface area contributed by atoms with Crippen LogP contribution in [-0.4, -0.2) is 37.9 Å². The number of nitrogens with zero attached hydrogens (tertiary/aromatic N) is 1. The van der Waals surface area contributed by atoms with Crippen molar-refractivity contribution >= 4 is 15.5 Å². The first kappa shape index (κ1) is 13.4. The van der Waals surface area contributed by atoms with Crippen molar-refractivity contribution in [1.29, 1.82) is 0 Å². The lowest BCUT2D eigenvalue weighted by molar-refractivity contribution is 0.254. The van der Waals surface area contributed by atoms with Crippen molar-refractivity contribution in [3.8, 4) is 0 Å². The molecule has 0 radical (unpaired) electrons. The van der Waals surface area contributed by atoms with Gasteiger partial charge in [-0.05, 0) is 37.6 Å². The number of sulfone groups is 1. The summed E-state index contributed by atoms with van der Waals surface area (Å²) in [5.41, 5.74) is 8.87. The summed E-state index contributed by atoms with van der Waals surface area (Å²) in [7, 11) is -0.840. The van der Waals surface area contributed by atoms with Crippen molar-refractivity contribution in [2.75, 3.05) is 24.3 Å². The van der Waals surface area contributed by atoms with Crippen LogP contribution < -0.4 is 5.73 Å². The summed E-state index contributed by atoms with van der Waals surface area (Å²) in [5, 5.41) is 0. The number of hydrogen-bond acceptors (Lipinski definition) is 4. The summed E-state index contributed by atoms with van der Waals surface area (Å²) in [4.78, 5) is 2.11. The summed E-state index contributed by atoms with van der Waals surface area (Å²) in [5.74, 6) is 0.600. The molecule has 0 saturated carbocycles. The maximum atomic E-state index is 11.4. The number of anilines is 1. The first-order chi connectivity index (χ1) is 8.37. The summed E-state index contributed by atoms with van der Waals surface area (Å²) in [6.07, 6.45) is 0.736. The summed E-state index contributed by atoms with van der Waals surface area (Å²) in [6, 6.07) is 6.16. The van der Waals surface area contributed by atoms with Gasteiger partial charge in [-0.2, -0.15) is 0 Å². The minimum atomic E-state index is -2.81. The van der Waals surface area contributed by atoms with Crippen molar-refractivity contribution < 1.29 is 8.42 Å². The smallest absolute Gasteiger partial charge is 0.151 e. The predicted octanol–water partition coefficient (Wildman–Crippen LogP) is 1.20. The van der Waals surface area contributed by atoms with Gasteiger partial charge in [0.15, 0.2) is 9.84 Å². The Kier molecular flexibility index (Phi) is 3.64. The number of nitrogen functional groups attached to an aromatic ring is 1. The molecule has 1 aliphatic rings. The highest BCUT2D eigenvalue weighted by atomic mass is 32.2. The van der Waals surface area contributed by atoms with Crippen LogP contribution in [0, 0.1) is 6.92 Å². The molecule has 18 heavy (non-hydrogen) atoms. The molecule has 1 atom stereocenters. The molecule has 2 N–H and O–H groups in total. The fraction of sp³-hybridized carbons (Fsp3) is 0.538. The van der Waals surface area contributed by atoms with Gasteiger partial charge in [0.1, 0.15) is 0 Å². The van der Waals surface area contributed by atoms with Gasteiger partial charge in [-0.1, -0.05) is 12.1 Å². The molecule has 1 fully saturated rings. The van der Waals surface area contributed by atoms with Crippen molar-refractivity contribution in [1.82, 2.24) is 4.90 Å². The number of aryl methyl sites for hydroxylation is 1. The monoisotopic (exact) mass is 268 g/mol. The molecule has 1 unspecified atom stereocenters. The Balaban J connectivity index is 2.03. The van der Waals surface area contributed by atoms with Crippen molar-refractivity contribution in [3.05, 3.63) is 29.3 Å². The minimum Gasteiger partial charge on any atom is -0.399 e. The molecule has 0 aliphatic carbocycles. The fourth-order valence-electron chi connectivity index (χ4n) is 2.33. The molecule has 1 heterocycles. The van der Waals surface area contributed by atoms with Gasteiger partial charge in [-0.3, -0.25) is 4.90 Å². The summed E-state index contributed by atoms with van der Waals surface area (Å²) < 4.78 is 22.9. The summed E-state index contributed by atoms with van der Waals surface area (Å²) in [6.45, 7) is 2.72. The third-order valence-electron chi connectivity index (χ3n) is 3.61. The number of rotatable bonds is 3. The zero-order valence-corrected chi connectivity index (χ0v) is 11.7. The largest absolute Gasteiger partial charge is 0.399 e. The third kappa shape index (κ3) is 3.03. The van der Waals surface area contributed by atoms with E-state index in [0.717, 1.165) is 29.8 Å². The van der Waals surface area contributed by atoms with Crippen LogP contribution >= 0.6 is 0 Å². The van der Waals surface area contributed by atoms with Crippen LogP contribution in [0.2, 0.25) is 0 Å². The van der Waals surface area contributed by atoms with Gasteiger partial charge in [0.2, 0.25) is 0 Å². The Labute approximate surface area is 109 Å². The van der Waals surface area contributed by atoms with Gasteiger partial charge >= 0.3 is 0 Å². The molecule has 0 spiro atoms. The van der Waals surface area contributed by atoms with Gasteiger partial charge in [0, 0.05) is 18.3 Å². The molecular weight excluding hydrogens is 248 g/mol. The van der Waals surface area contributed by atoms with E-state index in [1.165, 1.54) is 0 Å². The quantitative estimate of drug-likeness (QED) is 0.837. The van der Waals surface area contributed by atoms with Crippen LogP contribution in [0.3, 0.4) is 0 Å². The SMILES string of the molecule is Cc1ccc(CN(C)C2CCS(=O)(=O)C2)cc1N. The maximum absolute atomic E-state index is 11.4. The second-order valence-electron chi connectivity index (χ2n) is 5.16. The highest BCUT2D eigenvalue weighted by Crippen LogP contribution is 2.20. The molecule has 0 aromatic heterocycles. The molecule has 100 valence electrons. The lowest BCUT2D eigenvalue weighted by Gasteiger charge is -2.23. The fourth-order valence-corrected chi connectivity index (χ4v) is 4.13. The standard InChI is InChI=1S/C13H20N2O2S/c1-10-3-4-11(7-13(10)14)8-15(2)12-5-6-18(16,17)9-12/h3-4,7,12H,5-6,8-9,14H2,1-2H3. The van der Waals surface area contributed by atoms with E-state index < -0.39 is 9.84 Å². The number of nitrogens with two attached hydrogens (primary N) is 1. The maximum Gasteiger partial charge on any atom is 0.151 e. The predicted molar refractivity (Wildman–Crippen MR) is 74.1 cm³/mol. The van der Waals surface area contributed by atoms with Crippen LogP contribution in [0.1, 0.15) is 17.5 Å². The zero-order chi connectivity index (χ0) is 13.3. The average molecular weight is 268 g/mol. The molecule has 4 nitrogen and oxygen atoms in total. The Morgan fingerprint density at radius 1 is 1.44 bits per heavy atom. The first-order valence-electron chi connectivity index (χ1n) is 6.13. The van der Waals surface area contributed by atoms with Crippen LogP contribution in [0.5, 0.6) is 0 Å². The van der Waals surface area contributed by atoms with E-state index >= 15 is 0 Å². The minimum absolute atomic E-state index is 0.137. The van der Waals surface area contributed by atoms with E-state index in [2.05, 4.69) is 4.90 Å². The molecule has 0 bridgehead atoms. The third-order valence-corrected chi connectivity index (χ3v) is 5.36. The molecule has 1 aromatic rings. The Bertz CT molecular complexity index is 540. The lowest BCUT2D eigenvalue weighted by atomic mass is 10.1. The summed E-state index contributed by atoms with van der Waals surface area (Å²) >= 11 is 0. The Hall–Kier alpha value is -1.07. The molecule has 1 aromatic carbocycles. The molecular formula is C13H20N2O2S. The van der Waals surface area contributed by atoms with Crippen LogP contribution in [0.4, 0.5) is 5.69 Å². The second-order valence-corrected chi connectivity index (χ2v) is 7.39. The van der Waals surface area contributed by atoms with Crippen molar-refractivity contribution in [3.63, 3.8) is 0 Å². The van der Waals surface area contributed by atoms with Gasteiger partial charge < -0.3 is 5.73 Å². The lowest BCUT2D eigenvalue weighted by Crippen LogP contribution is -2.32. The average Bonchev–Trinajstić information content (AvgIpc) is 2.64. The Morgan fingerprint density at radius 2 is 2.17 bits per heavy atom. The van der Waals surface area contributed by atoms with E-state index in [1.807, 2.05) is 32.2 Å². The van der Waals surface area contributed by atoms with E-state index in [4.69, 9.17) is 5.73 Å². The highest BCUT2D eigenvalue weighted by molar-refractivity contribution is 7.91. The molecule has 5 heteroatoms. The van der Waals surface area contributed by atoms with Gasteiger partial charge in [-0.15, -0.1) is 0 Å². The topological polar surface area (TPSA) is 63.4 Å². The van der Waals surface area contributed by atoms with E-state index in [9.17, 15) is 8.42 Å². The van der Waals surface area contributed by atoms with E-state index in [0.29, 0.717) is 5.75 Å². The van der Waals surface area contributed by atoms with E-state index in [1.54, 1.807) is 0 Å². The highest BCUT2D eigenvalue weighted by Gasteiger charge is 2.30. The van der Waals surface area contributed by atoms with Gasteiger partial charge in [-0.25, -0.2) is 8.42 Å². The van der Waals surface area contributed by atoms with Gasteiger partial charge in [0.25, 0.3) is 0 Å². The van der Waals surface area contributed by atoms with Crippen LogP contribution in [0.25, 0.3) is 0 Å². The first-order valence-corrected chi connectivity index (χ1v) is 7.95. The molecule has 1 aliphatic heterocycles. The Morgan fingerprint density at radius 3 is 2.72 bits per heavy atom. The number of hydrogen-bond donors (Lipinski definition) is 1. The van der Waals surface area contributed by atoms with Crippen LogP contribution in [0.15, 0.2) is 18.2 Å². The van der Waals surface area contributed by atoms with Crippen LogP contribution in [-0.2, 0) is 16.4 Å². The molecule has 1 saturated heterocycles. The van der Waals surface area contributed by atoms with E-state index in [-0.39, 0.29) is 11.8 Å². The molecule has 2 rings (SSSR count). The van der Waals surface area contributed by atoms with Crippen molar-refractivity contribution in [2.45, 2.75) is 25.9 Å². The molecule has 0 amide bonds. The van der Waals surface area contributed by atoms with Crippen molar-refractivity contribution in [2.24, 2.45) is 0 Å².